The smallest absolute Gasteiger partial charge is 0.326 e. The Bertz CT molecular complexity index is 474. The highest BCUT2D eigenvalue weighted by Gasteiger charge is 2.63. The Morgan fingerprint density at radius 3 is 3.19 bits per heavy atom. The molecule has 16 heavy (non-hydrogen) atoms. The molecule has 0 radical (unpaired) electrons. The molecular weight excluding hydrogens is 209 g/mol. The Labute approximate surface area is 92.6 Å². The normalized spacial score (nSPS) is 30.2. The summed E-state index contributed by atoms with van der Waals surface area (Å²) in [6.45, 7) is 0.526. The predicted molar refractivity (Wildman–Crippen MR) is 55.3 cm³/mol. The fraction of sp³-hybridized carbons (Fsp3) is 0.417. The fourth-order valence-electron chi connectivity index (χ4n) is 2.63. The molecule has 3 nitrogen and oxygen atoms in total. The Kier molecular flexibility index (Phi) is 1.86. The Morgan fingerprint density at radius 1 is 1.62 bits per heavy atom. The molecule has 3 rings (SSSR count). The van der Waals surface area contributed by atoms with Gasteiger partial charge >= 0.3 is 5.97 Å². The summed E-state index contributed by atoms with van der Waals surface area (Å²) in [7, 11) is 1.40. The van der Waals surface area contributed by atoms with Crippen molar-refractivity contribution in [3.05, 3.63) is 35.1 Å². The molecule has 0 amide bonds. The van der Waals surface area contributed by atoms with Crippen molar-refractivity contribution in [2.24, 2.45) is 0 Å². The molecular formula is C12H12FNO2. The highest BCUT2D eigenvalue weighted by molar-refractivity contribution is 5.87. The molecule has 0 spiro atoms. The number of carbonyl (C=O) groups is 1. The van der Waals surface area contributed by atoms with Crippen molar-refractivity contribution in [2.75, 3.05) is 7.11 Å². The summed E-state index contributed by atoms with van der Waals surface area (Å²) in [5.74, 6) is -0.302. The molecule has 1 aliphatic heterocycles. The average molecular weight is 221 g/mol. The number of nitrogens with one attached hydrogen (secondary N) is 1. The van der Waals surface area contributed by atoms with Crippen LogP contribution in [0.15, 0.2) is 18.2 Å². The maximum absolute atomic E-state index is 13.0. The molecule has 4 heteroatoms. The standard InChI is InChI=1S/C12H12FNO2/c1-16-11(15)12-5-10(12)9-3-2-8(13)4-7(9)6-14-12/h2-4,10,14H,5-6H2,1H3/t10-,12-/m1/s1. The maximum Gasteiger partial charge on any atom is 0.326 e. The van der Waals surface area contributed by atoms with E-state index in [0.717, 1.165) is 17.5 Å². The van der Waals surface area contributed by atoms with E-state index in [9.17, 15) is 9.18 Å². The van der Waals surface area contributed by atoms with Crippen LogP contribution in [0.3, 0.4) is 0 Å². The average Bonchev–Trinajstić information content (AvgIpc) is 3.03. The molecule has 0 bridgehead atoms. The second kappa shape index (κ2) is 3.04. The van der Waals surface area contributed by atoms with Crippen molar-refractivity contribution in [1.82, 2.24) is 5.32 Å². The van der Waals surface area contributed by atoms with Crippen LogP contribution in [0.2, 0.25) is 0 Å². The van der Waals surface area contributed by atoms with Gasteiger partial charge in [-0.2, -0.15) is 0 Å². The third kappa shape index (κ3) is 1.13. The first-order valence-corrected chi connectivity index (χ1v) is 5.29. The molecule has 1 aromatic rings. The van der Waals surface area contributed by atoms with Crippen LogP contribution in [0.5, 0.6) is 0 Å². The molecule has 1 aromatic carbocycles. The van der Waals surface area contributed by atoms with E-state index in [1.807, 2.05) is 0 Å². The van der Waals surface area contributed by atoms with Crippen LogP contribution in [0.25, 0.3) is 0 Å². The van der Waals surface area contributed by atoms with E-state index in [4.69, 9.17) is 4.74 Å². The summed E-state index contributed by atoms with van der Waals surface area (Å²) in [5.41, 5.74) is 1.48. The van der Waals surface area contributed by atoms with E-state index in [2.05, 4.69) is 5.32 Å². The molecule has 1 heterocycles. The number of rotatable bonds is 1. The van der Waals surface area contributed by atoms with Crippen LogP contribution in [-0.2, 0) is 16.1 Å². The predicted octanol–water partition coefficient (Wildman–Crippen LogP) is 1.33. The van der Waals surface area contributed by atoms with Crippen LogP contribution in [0, 0.1) is 5.82 Å². The quantitative estimate of drug-likeness (QED) is 0.727. The largest absolute Gasteiger partial charge is 0.468 e. The number of methoxy groups -OCH3 is 1. The van der Waals surface area contributed by atoms with Gasteiger partial charge in [-0.25, -0.2) is 4.39 Å². The lowest BCUT2D eigenvalue weighted by Crippen LogP contribution is -2.43. The maximum atomic E-state index is 13.0. The lowest BCUT2D eigenvalue weighted by Gasteiger charge is -2.23. The van der Waals surface area contributed by atoms with Crippen molar-refractivity contribution in [3.8, 4) is 0 Å². The molecule has 0 unspecified atom stereocenters. The van der Waals surface area contributed by atoms with Gasteiger partial charge in [0.15, 0.2) is 0 Å². The van der Waals surface area contributed by atoms with E-state index < -0.39 is 5.54 Å². The SMILES string of the molecule is COC(=O)[C@@]12C[C@@H]1c1ccc(F)cc1CN2. The zero-order chi connectivity index (χ0) is 11.3. The lowest BCUT2D eigenvalue weighted by molar-refractivity contribution is -0.144. The molecule has 2 atom stereocenters. The minimum atomic E-state index is -0.542. The van der Waals surface area contributed by atoms with E-state index in [1.165, 1.54) is 19.2 Å². The first kappa shape index (κ1) is 9.78. The van der Waals surface area contributed by atoms with Gasteiger partial charge in [0, 0.05) is 12.5 Å². The van der Waals surface area contributed by atoms with E-state index in [-0.39, 0.29) is 17.7 Å². The Hall–Kier alpha value is -1.42. The molecule has 0 saturated heterocycles. The van der Waals surface area contributed by atoms with Crippen molar-refractivity contribution in [3.63, 3.8) is 0 Å². The number of hydrogen-bond donors (Lipinski definition) is 1. The van der Waals surface area contributed by atoms with Crippen LogP contribution in [-0.4, -0.2) is 18.6 Å². The van der Waals surface area contributed by atoms with Gasteiger partial charge in [-0.3, -0.25) is 10.1 Å². The fourth-order valence-corrected chi connectivity index (χ4v) is 2.63. The zero-order valence-corrected chi connectivity index (χ0v) is 8.92. The number of fused-ring (bicyclic) bond motifs is 3. The van der Waals surface area contributed by atoms with Crippen LogP contribution in [0.1, 0.15) is 23.5 Å². The minimum absolute atomic E-state index is 0.143. The van der Waals surface area contributed by atoms with Gasteiger partial charge in [0.25, 0.3) is 0 Å². The second-order valence-corrected chi connectivity index (χ2v) is 4.42. The summed E-state index contributed by atoms with van der Waals surface area (Å²) in [6.07, 6.45) is 0.748. The molecule has 1 fully saturated rings. The highest BCUT2D eigenvalue weighted by Crippen LogP contribution is 2.55. The summed E-state index contributed by atoms with van der Waals surface area (Å²) in [5, 5.41) is 3.16. The number of carbonyl (C=O) groups excluding carboxylic acids is 1. The number of ether oxygens (including phenoxy) is 1. The summed E-state index contributed by atoms with van der Waals surface area (Å²) in [6, 6.07) is 4.76. The van der Waals surface area contributed by atoms with Gasteiger partial charge in [-0.1, -0.05) is 6.07 Å². The van der Waals surface area contributed by atoms with E-state index >= 15 is 0 Å². The number of halogens is 1. The van der Waals surface area contributed by atoms with Gasteiger partial charge in [0.05, 0.1) is 7.11 Å². The summed E-state index contributed by atoms with van der Waals surface area (Å²) < 4.78 is 17.8. The molecule has 0 aromatic heterocycles. The van der Waals surface area contributed by atoms with Gasteiger partial charge in [-0.05, 0) is 29.7 Å². The van der Waals surface area contributed by atoms with Gasteiger partial charge in [-0.15, -0.1) is 0 Å². The zero-order valence-electron chi connectivity index (χ0n) is 8.92. The van der Waals surface area contributed by atoms with E-state index in [1.54, 1.807) is 6.07 Å². The summed E-state index contributed by atoms with van der Waals surface area (Å²) in [4.78, 5) is 11.6. The van der Waals surface area contributed by atoms with Crippen molar-refractivity contribution in [2.45, 2.75) is 24.4 Å². The molecule has 84 valence electrons. The third-order valence-electron chi connectivity index (χ3n) is 3.59. The van der Waals surface area contributed by atoms with E-state index in [0.29, 0.717) is 6.54 Å². The molecule has 1 N–H and O–H groups in total. The number of benzene rings is 1. The number of hydrogen-bond acceptors (Lipinski definition) is 3. The van der Waals surface area contributed by atoms with Crippen molar-refractivity contribution in [1.29, 1.82) is 0 Å². The minimum Gasteiger partial charge on any atom is -0.468 e. The first-order valence-electron chi connectivity index (χ1n) is 5.29. The Balaban J connectivity index is 1.98. The molecule has 2 aliphatic rings. The van der Waals surface area contributed by atoms with Gasteiger partial charge < -0.3 is 4.74 Å². The monoisotopic (exact) mass is 221 g/mol. The first-order chi connectivity index (χ1) is 7.67. The lowest BCUT2D eigenvalue weighted by atomic mass is 9.96. The third-order valence-corrected chi connectivity index (χ3v) is 3.59. The van der Waals surface area contributed by atoms with Gasteiger partial charge in [0.1, 0.15) is 11.4 Å². The molecule has 1 saturated carbocycles. The Morgan fingerprint density at radius 2 is 2.44 bits per heavy atom. The van der Waals surface area contributed by atoms with Crippen LogP contribution >= 0.6 is 0 Å². The van der Waals surface area contributed by atoms with Crippen LogP contribution < -0.4 is 5.32 Å². The highest BCUT2D eigenvalue weighted by atomic mass is 19.1. The van der Waals surface area contributed by atoms with Crippen molar-refractivity contribution >= 4 is 5.97 Å². The molecule has 1 aliphatic carbocycles. The second-order valence-electron chi connectivity index (χ2n) is 4.42. The number of esters is 1. The topological polar surface area (TPSA) is 38.3 Å². The summed E-state index contributed by atoms with van der Waals surface area (Å²) >= 11 is 0. The van der Waals surface area contributed by atoms with Crippen molar-refractivity contribution < 1.29 is 13.9 Å². The van der Waals surface area contributed by atoms with Gasteiger partial charge in [0.2, 0.25) is 0 Å². The van der Waals surface area contributed by atoms with Crippen LogP contribution in [0.4, 0.5) is 4.39 Å².